The summed E-state index contributed by atoms with van der Waals surface area (Å²) in [6.07, 6.45) is 3.47. The van der Waals surface area contributed by atoms with Crippen LogP contribution >= 0.6 is 0 Å². The summed E-state index contributed by atoms with van der Waals surface area (Å²) in [7, 11) is 1.59. The largest absolute Gasteiger partial charge is 0.481 e. The molecule has 1 aromatic rings. The van der Waals surface area contributed by atoms with Crippen molar-refractivity contribution in [3.8, 4) is 5.88 Å². The monoisotopic (exact) mass is 266 g/mol. The zero-order chi connectivity index (χ0) is 14.3. The van der Waals surface area contributed by atoms with Gasteiger partial charge in [0.1, 0.15) is 5.84 Å². The van der Waals surface area contributed by atoms with Crippen LogP contribution in [0.5, 0.6) is 5.88 Å². The Morgan fingerprint density at radius 1 is 1.53 bits per heavy atom. The standard InChI is InChI=1S/C13H22N4O2/c1-13(2,12(14)17-18)7-4-8-15-10-5-6-11(19-3)16-9-10/h5-6,9,15,18H,4,7-8H2,1-3H3,(H2,14,17). The number of hydrogen-bond donors (Lipinski definition) is 3. The Bertz CT molecular complexity index is 415. The lowest BCUT2D eigenvalue weighted by Gasteiger charge is -2.22. The predicted octanol–water partition coefficient (Wildman–Crippen LogP) is 2.05. The average Bonchev–Trinajstić information content (AvgIpc) is 2.43. The van der Waals surface area contributed by atoms with Crippen LogP contribution in [0.15, 0.2) is 23.5 Å². The van der Waals surface area contributed by atoms with E-state index in [2.05, 4.69) is 15.5 Å². The minimum Gasteiger partial charge on any atom is -0.481 e. The van der Waals surface area contributed by atoms with Crippen molar-refractivity contribution >= 4 is 11.5 Å². The maximum absolute atomic E-state index is 8.68. The summed E-state index contributed by atoms with van der Waals surface area (Å²) in [5.74, 6) is 0.859. The van der Waals surface area contributed by atoms with E-state index in [0.29, 0.717) is 5.88 Å². The van der Waals surface area contributed by atoms with Gasteiger partial charge in [0.25, 0.3) is 0 Å². The van der Waals surface area contributed by atoms with Crippen LogP contribution in [0.4, 0.5) is 5.69 Å². The van der Waals surface area contributed by atoms with Gasteiger partial charge in [-0.3, -0.25) is 0 Å². The number of oxime groups is 1. The number of nitrogens with two attached hydrogens (primary N) is 1. The highest BCUT2D eigenvalue weighted by Crippen LogP contribution is 2.22. The van der Waals surface area contributed by atoms with Crippen LogP contribution in [0, 0.1) is 5.41 Å². The average molecular weight is 266 g/mol. The normalized spacial score (nSPS) is 12.3. The lowest BCUT2D eigenvalue weighted by atomic mass is 9.86. The fourth-order valence-corrected chi connectivity index (χ4v) is 1.63. The van der Waals surface area contributed by atoms with Gasteiger partial charge >= 0.3 is 0 Å². The van der Waals surface area contributed by atoms with E-state index in [0.717, 1.165) is 25.1 Å². The molecule has 0 aliphatic carbocycles. The Kier molecular flexibility index (Phi) is 5.41. The number of pyridine rings is 1. The Balaban J connectivity index is 2.34. The number of nitrogens with zero attached hydrogens (tertiary/aromatic N) is 2. The van der Waals surface area contributed by atoms with E-state index >= 15 is 0 Å². The summed E-state index contributed by atoms with van der Waals surface area (Å²) >= 11 is 0. The highest BCUT2D eigenvalue weighted by molar-refractivity contribution is 5.85. The van der Waals surface area contributed by atoms with Gasteiger partial charge in [0.05, 0.1) is 19.0 Å². The zero-order valence-corrected chi connectivity index (χ0v) is 11.7. The molecule has 0 saturated carbocycles. The third kappa shape index (κ3) is 4.65. The predicted molar refractivity (Wildman–Crippen MR) is 75.7 cm³/mol. The van der Waals surface area contributed by atoms with Crippen molar-refractivity contribution in [3.63, 3.8) is 0 Å². The summed E-state index contributed by atoms with van der Waals surface area (Å²) in [6.45, 7) is 4.71. The first-order valence-electron chi connectivity index (χ1n) is 6.21. The first kappa shape index (κ1) is 15.1. The van der Waals surface area contributed by atoms with Gasteiger partial charge in [-0.15, -0.1) is 0 Å². The van der Waals surface area contributed by atoms with E-state index in [1.54, 1.807) is 13.3 Å². The molecule has 6 nitrogen and oxygen atoms in total. The van der Waals surface area contributed by atoms with E-state index in [-0.39, 0.29) is 11.3 Å². The van der Waals surface area contributed by atoms with Crippen LogP contribution in [0.25, 0.3) is 0 Å². The van der Waals surface area contributed by atoms with E-state index in [9.17, 15) is 0 Å². The van der Waals surface area contributed by atoms with E-state index in [4.69, 9.17) is 15.7 Å². The van der Waals surface area contributed by atoms with E-state index in [1.165, 1.54) is 0 Å². The SMILES string of the molecule is COc1ccc(NCCCC(C)(C)C(N)=NO)cn1. The fraction of sp³-hybridized carbons (Fsp3) is 0.538. The zero-order valence-electron chi connectivity index (χ0n) is 11.7. The Morgan fingerprint density at radius 3 is 2.79 bits per heavy atom. The number of amidine groups is 1. The Hall–Kier alpha value is -1.98. The summed E-state index contributed by atoms with van der Waals surface area (Å²) in [4.78, 5) is 4.11. The van der Waals surface area contributed by atoms with Crippen molar-refractivity contribution < 1.29 is 9.94 Å². The van der Waals surface area contributed by atoms with Gasteiger partial charge in [0.2, 0.25) is 5.88 Å². The second-order valence-electron chi connectivity index (χ2n) is 4.99. The topological polar surface area (TPSA) is 92.8 Å². The number of aromatic nitrogens is 1. The second-order valence-corrected chi connectivity index (χ2v) is 4.99. The summed E-state index contributed by atoms with van der Waals surface area (Å²) in [5, 5.41) is 15.0. The molecule has 0 aliphatic heterocycles. The molecule has 1 rings (SSSR count). The molecule has 0 aromatic carbocycles. The van der Waals surface area contributed by atoms with Crippen LogP contribution in [0.1, 0.15) is 26.7 Å². The van der Waals surface area contributed by atoms with Crippen LogP contribution in [0.3, 0.4) is 0 Å². The molecule has 0 bridgehead atoms. The van der Waals surface area contributed by atoms with Gasteiger partial charge < -0.3 is 21.0 Å². The van der Waals surface area contributed by atoms with Crippen LogP contribution in [0.2, 0.25) is 0 Å². The fourth-order valence-electron chi connectivity index (χ4n) is 1.63. The van der Waals surface area contributed by atoms with Crippen LogP contribution in [-0.2, 0) is 0 Å². The molecule has 19 heavy (non-hydrogen) atoms. The van der Waals surface area contributed by atoms with Gasteiger partial charge in [-0.25, -0.2) is 4.98 Å². The minimum atomic E-state index is -0.297. The molecule has 4 N–H and O–H groups in total. The summed E-state index contributed by atoms with van der Waals surface area (Å²) < 4.78 is 4.99. The first-order chi connectivity index (χ1) is 8.99. The van der Waals surface area contributed by atoms with Crippen molar-refractivity contribution in [1.29, 1.82) is 0 Å². The molecule has 1 heterocycles. The third-order valence-electron chi connectivity index (χ3n) is 3.05. The van der Waals surface area contributed by atoms with Crippen molar-refractivity contribution in [2.24, 2.45) is 16.3 Å². The molecule has 0 aliphatic rings. The van der Waals surface area contributed by atoms with Crippen molar-refractivity contribution in [3.05, 3.63) is 18.3 Å². The van der Waals surface area contributed by atoms with Crippen molar-refractivity contribution in [1.82, 2.24) is 4.98 Å². The van der Waals surface area contributed by atoms with Gasteiger partial charge in [-0.05, 0) is 18.9 Å². The maximum atomic E-state index is 8.68. The van der Waals surface area contributed by atoms with E-state index < -0.39 is 0 Å². The minimum absolute atomic E-state index is 0.263. The highest BCUT2D eigenvalue weighted by Gasteiger charge is 2.22. The number of hydrogen-bond acceptors (Lipinski definition) is 5. The van der Waals surface area contributed by atoms with Gasteiger partial charge in [-0.2, -0.15) is 0 Å². The number of anilines is 1. The molecule has 0 amide bonds. The van der Waals surface area contributed by atoms with Gasteiger partial charge in [0.15, 0.2) is 0 Å². The number of ether oxygens (including phenoxy) is 1. The van der Waals surface area contributed by atoms with E-state index in [1.807, 2.05) is 26.0 Å². The number of rotatable bonds is 7. The molecule has 0 unspecified atom stereocenters. The third-order valence-corrected chi connectivity index (χ3v) is 3.05. The number of methoxy groups -OCH3 is 1. The first-order valence-corrected chi connectivity index (χ1v) is 6.21. The van der Waals surface area contributed by atoms with Gasteiger partial charge in [-0.1, -0.05) is 19.0 Å². The summed E-state index contributed by atoms with van der Waals surface area (Å²) in [6, 6.07) is 3.73. The highest BCUT2D eigenvalue weighted by atomic mass is 16.5. The summed E-state index contributed by atoms with van der Waals surface area (Å²) in [5.41, 5.74) is 6.28. The lowest BCUT2D eigenvalue weighted by Crippen LogP contribution is -2.32. The lowest BCUT2D eigenvalue weighted by molar-refractivity contribution is 0.305. The van der Waals surface area contributed by atoms with Crippen LogP contribution in [-0.4, -0.2) is 29.7 Å². The second kappa shape index (κ2) is 6.82. The van der Waals surface area contributed by atoms with Crippen LogP contribution < -0.4 is 15.8 Å². The molecule has 0 saturated heterocycles. The van der Waals surface area contributed by atoms with Crippen molar-refractivity contribution in [2.45, 2.75) is 26.7 Å². The number of nitrogens with one attached hydrogen (secondary N) is 1. The molecule has 0 radical (unpaired) electrons. The smallest absolute Gasteiger partial charge is 0.213 e. The molecule has 0 atom stereocenters. The molecular weight excluding hydrogens is 244 g/mol. The molecular formula is C13H22N4O2. The molecule has 0 spiro atoms. The quantitative estimate of drug-likeness (QED) is 0.231. The Morgan fingerprint density at radius 2 is 2.26 bits per heavy atom. The molecule has 0 fully saturated rings. The molecule has 106 valence electrons. The molecule has 6 heteroatoms. The van der Waals surface area contributed by atoms with Gasteiger partial charge in [0, 0.05) is 18.0 Å². The maximum Gasteiger partial charge on any atom is 0.213 e. The van der Waals surface area contributed by atoms with Crippen molar-refractivity contribution in [2.75, 3.05) is 19.0 Å². The Labute approximate surface area is 113 Å². The molecule has 1 aromatic heterocycles.